The second-order valence-corrected chi connectivity index (χ2v) is 4.73. The number of methoxy groups -OCH3 is 1. The number of ether oxygens (including phenoxy) is 1. The van der Waals surface area contributed by atoms with Crippen molar-refractivity contribution in [2.24, 2.45) is 0 Å². The van der Waals surface area contributed by atoms with Gasteiger partial charge in [-0.15, -0.1) is 0 Å². The van der Waals surface area contributed by atoms with E-state index in [1.165, 1.54) is 9.47 Å². The first-order chi connectivity index (χ1) is 9.97. The van der Waals surface area contributed by atoms with Crippen molar-refractivity contribution in [3.05, 3.63) is 20.8 Å². The quantitative estimate of drug-likeness (QED) is 0.607. The largest absolute Gasteiger partial charge is 0.383 e. The van der Waals surface area contributed by atoms with Gasteiger partial charge < -0.3 is 20.7 Å². The number of aromatic nitrogens is 2. The Morgan fingerprint density at radius 3 is 2.71 bits per heavy atom. The van der Waals surface area contributed by atoms with Crippen LogP contribution in [0.25, 0.3) is 0 Å². The molecule has 118 valence electrons. The molecule has 0 aliphatic carbocycles. The van der Waals surface area contributed by atoms with E-state index < -0.39 is 11.2 Å². The molecule has 0 atom stereocenters. The molecular weight excluding hydrogens is 294 g/mol. The highest BCUT2D eigenvalue weighted by Gasteiger charge is 2.21. The Morgan fingerprint density at radius 2 is 2.19 bits per heavy atom. The predicted molar refractivity (Wildman–Crippen MR) is 86.9 cm³/mol. The van der Waals surface area contributed by atoms with E-state index in [9.17, 15) is 9.59 Å². The third-order valence-electron chi connectivity index (χ3n) is 2.91. The molecule has 0 saturated heterocycles. The Hall–Kier alpha value is -1.87. The highest BCUT2D eigenvalue weighted by Crippen LogP contribution is 2.16. The van der Waals surface area contributed by atoms with E-state index in [2.05, 4.69) is 10.3 Å². The summed E-state index contributed by atoms with van der Waals surface area (Å²) in [4.78, 5) is 27.7. The fraction of sp³-hybridized carbons (Fsp3) is 0.583. The first-order valence-corrected chi connectivity index (χ1v) is 6.99. The molecule has 0 unspecified atom stereocenters. The lowest BCUT2D eigenvalue weighted by molar-refractivity contribution is 0.208. The molecule has 0 amide bonds. The van der Waals surface area contributed by atoms with Crippen LogP contribution >= 0.6 is 12.2 Å². The molecule has 0 aliphatic rings. The van der Waals surface area contributed by atoms with Gasteiger partial charge in [-0.25, -0.2) is 4.79 Å². The molecule has 0 fully saturated rings. The molecule has 21 heavy (non-hydrogen) atoms. The summed E-state index contributed by atoms with van der Waals surface area (Å²) in [5, 5.41) is 3.12. The molecule has 0 bridgehead atoms. The van der Waals surface area contributed by atoms with Gasteiger partial charge in [0.2, 0.25) is 0 Å². The van der Waals surface area contributed by atoms with Gasteiger partial charge in [-0.2, -0.15) is 0 Å². The van der Waals surface area contributed by atoms with Crippen molar-refractivity contribution in [1.82, 2.24) is 14.9 Å². The van der Waals surface area contributed by atoms with E-state index >= 15 is 0 Å². The van der Waals surface area contributed by atoms with Gasteiger partial charge in [0, 0.05) is 27.2 Å². The Balaban J connectivity index is 3.42. The minimum atomic E-state index is -0.571. The van der Waals surface area contributed by atoms with Crippen LogP contribution in [0.15, 0.2) is 9.59 Å². The molecule has 1 aromatic heterocycles. The minimum absolute atomic E-state index is 0.0966. The molecule has 1 aromatic rings. The summed E-state index contributed by atoms with van der Waals surface area (Å²) in [5.41, 5.74) is 5.07. The average Bonchev–Trinajstić information content (AvgIpc) is 2.45. The summed E-state index contributed by atoms with van der Waals surface area (Å²) in [7, 11) is 3.20. The zero-order valence-corrected chi connectivity index (χ0v) is 13.2. The maximum atomic E-state index is 12.1. The highest BCUT2D eigenvalue weighted by molar-refractivity contribution is 7.80. The number of nitrogens with zero attached hydrogens (tertiary/aromatic N) is 2. The van der Waals surface area contributed by atoms with E-state index in [4.69, 9.17) is 22.7 Å². The summed E-state index contributed by atoms with van der Waals surface area (Å²) in [6.45, 7) is 3.03. The summed E-state index contributed by atoms with van der Waals surface area (Å²) >= 11 is 5.20. The second-order valence-electron chi connectivity index (χ2n) is 4.34. The monoisotopic (exact) mass is 315 g/mol. The van der Waals surface area contributed by atoms with Crippen molar-refractivity contribution in [3.8, 4) is 0 Å². The fourth-order valence-electron chi connectivity index (χ4n) is 1.92. The van der Waals surface area contributed by atoms with Crippen LogP contribution in [0.1, 0.15) is 13.3 Å². The molecule has 1 rings (SSSR count). The van der Waals surface area contributed by atoms with Crippen LogP contribution in [-0.4, -0.2) is 42.0 Å². The Labute approximate surface area is 127 Å². The predicted octanol–water partition coefficient (Wildman–Crippen LogP) is -0.514. The smallest absolute Gasteiger partial charge is 0.330 e. The van der Waals surface area contributed by atoms with E-state index in [1.54, 1.807) is 14.2 Å². The second kappa shape index (κ2) is 7.79. The van der Waals surface area contributed by atoms with Crippen LogP contribution in [0.2, 0.25) is 0 Å². The van der Waals surface area contributed by atoms with Gasteiger partial charge in [0.05, 0.1) is 6.61 Å². The van der Waals surface area contributed by atoms with E-state index in [1.807, 2.05) is 6.92 Å². The van der Waals surface area contributed by atoms with Gasteiger partial charge >= 0.3 is 5.69 Å². The van der Waals surface area contributed by atoms with Gasteiger partial charge in [0.1, 0.15) is 5.82 Å². The SMILES string of the molecule is CCCn1c(N)c(N(CCOC)C(=S)NC)c(=O)[nH]c1=O. The molecular formula is C12H21N5O3S. The molecule has 0 aromatic carbocycles. The van der Waals surface area contributed by atoms with Crippen LogP contribution in [0.3, 0.4) is 0 Å². The number of anilines is 2. The van der Waals surface area contributed by atoms with Gasteiger partial charge in [0.15, 0.2) is 10.8 Å². The number of nitrogens with one attached hydrogen (secondary N) is 2. The van der Waals surface area contributed by atoms with E-state index in [0.29, 0.717) is 31.2 Å². The van der Waals surface area contributed by atoms with Gasteiger partial charge in [-0.3, -0.25) is 14.3 Å². The summed E-state index contributed by atoms with van der Waals surface area (Å²) in [6, 6.07) is 0. The topological polar surface area (TPSA) is 105 Å². The van der Waals surface area contributed by atoms with Crippen molar-refractivity contribution in [1.29, 1.82) is 0 Å². The minimum Gasteiger partial charge on any atom is -0.383 e. The van der Waals surface area contributed by atoms with Crippen LogP contribution in [0.4, 0.5) is 11.5 Å². The lowest BCUT2D eigenvalue weighted by Crippen LogP contribution is -2.45. The number of hydrogen-bond donors (Lipinski definition) is 3. The Morgan fingerprint density at radius 1 is 1.52 bits per heavy atom. The van der Waals surface area contributed by atoms with Crippen LogP contribution < -0.4 is 27.2 Å². The molecule has 0 spiro atoms. The Bertz CT molecular complexity index is 610. The number of hydrogen-bond acceptors (Lipinski definition) is 5. The first-order valence-electron chi connectivity index (χ1n) is 6.58. The number of nitrogens with two attached hydrogens (primary N) is 1. The normalized spacial score (nSPS) is 10.4. The lowest BCUT2D eigenvalue weighted by atomic mass is 10.3. The van der Waals surface area contributed by atoms with Crippen LogP contribution in [0.5, 0.6) is 0 Å². The highest BCUT2D eigenvalue weighted by atomic mass is 32.1. The van der Waals surface area contributed by atoms with Gasteiger partial charge in [0.25, 0.3) is 5.56 Å². The van der Waals surface area contributed by atoms with Crippen molar-refractivity contribution >= 4 is 28.8 Å². The van der Waals surface area contributed by atoms with Gasteiger partial charge in [-0.05, 0) is 18.6 Å². The summed E-state index contributed by atoms with van der Waals surface area (Å²) < 4.78 is 6.35. The number of nitrogen functional groups attached to an aromatic ring is 1. The van der Waals surface area contributed by atoms with Crippen molar-refractivity contribution < 1.29 is 4.74 Å². The van der Waals surface area contributed by atoms with Crippen molar-refractivity contribution in [2.75, 3.05) is 37.9 Å². The van der Waals surface area contributed by atoms with Crippen molar-refractivity contribution in [2.45, 2.75) is 19.9 Å². The van der Waals surface area contributed by atoms with Crippen LogP contribution in [0, 0.1) is 0 Å². The van der Waals surface area contributed by atoms with Crippen molar-refractivity contribution in [3.63, 3.8) is 0 Å². The Kier molecular flexibility index (Phi) is 6.38. The van der Waals surface area contributed by atoms with Gasteiger partial charge in [-0.1, -0.05) is 6.92 Å². The fourth-order valence-corrected chi connectivity index (χ4v) is 2.10. The number of thiocarbonyl (C=S) groups is 1. The number of H-pyrrole nitrogens is 1. The first kappa shape index (κ1) is 17.2. The molecule has 0 radical (unpaired) electrons. The lowest BCUT2D eigenvalue weighted by Gasteiger charge is -2.25. The summed E-state index contributed by atoms with van der Waals surface area (Å²) in [6.07, 6.45) is 0.712. The third kappa shape index (κ3) is 3.82. The maximum Gasteiger partial charge on any atom is 0.330 e. The third-order valence-corrected chi connectivity index (χ3v) is 3.33. The molecule has 0 saturated carbocycles. The molecule has 0 aliphatic heterocycles. The average molecular weight is 315 g/mol. The standard InChI is InChI=1S/C12H21N5O3S/c1-4-5-17-9(13)8(10(18)15-11(17)19)16(6-7-20-3)12(21)14-2/h4-7,13H2,1-3H3,(H,14,21)(H,15,18,19). The molecule has 1 heterocycles. The molecule has 4 N–H and O–H groups in total. The molecule has 9 heteroatoms. The zero-order valence-electron chi connectivity index (χ0n) is 12.4. The van der Waals surface area contributed by atoms with E-state index in [0.717, 1.165) is 0 Å². The van der Waals surface area contributed by atoms with Crippen LogP contribution in [-0.2, 0) is 11.3 Å². The summed E-state index contributed by atoms with van der Waals surface area (Å²) in [5.74, 6) is 0.0966. The van der Waals surface area contributed by atoms with E-state index in [-0.39, 0.29) is 11.5 Å². The molecule has 8 nitrogen and oxygen atoms in total. The maximum absolute atomic E-state index is 12.1. The number of aromatic amines is 1. The zero-order chi connectivity index (χ0) is 16.0. The number of rotatable bonds is 6.